The van der Waals surface area contributed by atoms with Gasteiger partial charge in [-0.3, -0.25) is 4.79 Å². The third-order valence-electron chi connectivity index (χ3n) is 4.53. The van der Waals surface area contributed by atoms with Crippen LogP contribution in [0.4, 0.5) is 5.82 Å². The number of aldehydes is 1. The molecule has 4 rings (SSSR count). The Kier molecular flexibility index (Phi) is 9.20. The molecule has 0 fully saturated rings. The van der Waals surface area contributed by atoms with Gasteiger partial charge >= 0.3 is 0 Å². The number of anilines is 1. The first-order valence-corrected chi connectivity index (χ1v) is 11.2. The number of aryl methyl sites for hydroxylation is 1. The highest BCUT2D eigenvalue weighted by atomic mass is 32.1. The number of thiazole rings is 1. The summed E-state index contributed by atoms with van der Waals surface area (Å²) >= 11 is 1.70. The monoisotopic (exact) mass is 427 g/mol. The van der Waals surface area contributed by atoms with Gasteiger partial charge in [-0.2, -0.15) is 5.10 Å². The van der Waals surface area contributed by atoms with Crippen LogP contribution < -0.4 is 5.32 Å². The van der Waals surface area contributed by atoms with Gasteiger partial charge < -0.3 is 10.2 Å². The second-order valence-corrected chi connectivity index (χ2v) is 8.59. The van der Waals surface area contributed by atoms with Crippen molar-refractivity contribution in [3.8, 4) is 0 Å². The Hall–Kier alpha value is -2.51. The molecule has 162 valence electrons. The third kappa shape index (κ3) is 6.24. The van der Waals surface area contributed by atoms with Crippen molar-refractivity contribution in [2.75, 3.05) is 19.4 Å². The molecule has 2 aromatic heterocycles. The molecule has 1 aliphatic heterocycles. The van der Waals surface area contributed by atoms with Gasteiger partial charge in [0.2, 0.25) is 0 Å². The molecule has 2 unspecified atom stereocenters. The Balaban J connectivity index is 0.000000228. The summed E-state index contributed by atoms with van der Waals surface area (Å²) < 4.78 is 1.88. The SMILES string of the molecule is CC.CN(C)Cc1ccccc1.Cc1cnc(C2CC(C)n3ncc(C=O)c3N2)s1. The molecule has 0 saturated carbocycles. The van der Waals surface area contributed by atoms with Crippen LogP contribution in [0.5, 0.6) is 0 Å². The summed E-state index contributed by atoms with van der Waals surface area (Å²) in [6.45, 7) is 9.19. The van der Waals surface area contributed by atoms with Crippen molar-refractivity contribution < 1.29 is 4.79 Å². The van der Waals surface area contributed by atoms with Crippen LogP contribution in [-0.4, -0.2) is 40.0 Å². The van der Waals surface area contributed by atoms with Crippen LogP contribution in [0.3, 0.4) is 0 Å². The van der Waals surface area contributed by atoms with Crippen LogP contribution >= 0.6 is 11.3 Å². The zero-order valence-electron chi connectivity index (χ0n) is 18.8. The summed E-state index contributed by atoms with van der Waals surface area (Å²) in [6.07, 6.45) is 5.27. The minimum Gasteiger partial charge on any atom is -0.360 e. The Bertz CT molecular complexity index is 903. The Morgan fingerprint density at radius 1 is 1.23 bits per heavy atom. The molecule has 0 radical (unpaired) electrons. The van der Waals surface area contributed by atoms with E-state index in [2.05, 4.69) is 72.5 Å². The fourth-order valence-corrected chi connectivity index (χ4v) is 4.09. The summed E-state index contributed by atoms with van der Waals surface area (Å²) in [6, 6.07) is 10.9. The average Bonchev–Trinajstić information content (AvgIpc) is 3.36. The van der Waals surface area contributed by atoms with E-state index >= 15 is 0 Å². The molecule has 0 saturated heterocycles. The van der Waals surface area contributed by atoms with Crippen molar-refractivity contribution in [1.82, 2.24) is 19.7 Å². The second-order valence-electron chi connectivity index (χ2n) is 7.33. The molecule has 6 nitrogen and oxygen atoms in total. The normalized spacial score (nSPS) is 17.0. The lowest BCUT2D eigenvalue weighted by atomic mass is 10.1. The maximum atomic E-state index is 11.0. The fraction of sp³-hybridized carbons (Fsp3) is 0.435. The van der Waals surface area contributed by atoms with Crippen molar-refractivity contribution in [3.63, 3.8) is 0 Å². The zero-order chi connectivity index (χ0) is 22.1. The van der Waals surface area contributed by atoms with Crippen molar-refractivity contribution in [2.45, 2.75) is 52.7 Å². The van der Waals surface area contributed by atoms with Gasteiger partial charge in [-0.25, -0.2) is 9.67 Å². The first kappa shape index (κ1) is 23.8. The highest BCUT2D eigenvalue weighted by Crippen LogP contribution is 2.36. The summed E-state index contributed by atoms with van der Waals surface area (Å²) in [4.78, 5) is 18.8. The Morgan fingerprint density at radius 2 is 1.93 bits per heavy atom. The minimum atomic E-state index is 0.168. The molecular formula is C23H33N5OS. The van der Waals surface area contributed by atoms with Crippen molar-refractivity contribution >= 4 is 23.4 Å². The number of benzene rings is 1. The molecule has 3 heterocycles. The topological polar surface area (TPSA) is 63.1 Å². The van der Waals surface area contributed by atoms with E-state index in [4.69, 9.17) is 0 Å². The maximum Gasteiger partial charge on any atom is 0.155 e. The van der Waals surface area contributed by atoms with E-state index in [1.807, 2.05) is 30.8 Å². The van der Waals surface area contributed by atoms with Gasteiger partial charge in [0, 0.05) is 17.6 Å². The molecule has 1 N–H and O–H groups in total. The maximum absolute atomic E-state index is 11.0. The van der Waals surface area contributed by atoms with E-state index in [-0.39, 0.29) is 12.1 Å². The molecule has 1 aliphatic rings. The van der Waals surface area contributed by atoms with Gasteiger partial charge in [-0.05, 0) is 39.9 Å². The van der Waals surface area contributed by atoms with E-state index in [1.54, 1.807) is 17.5 Å². The number of nitrogens with one attached hydrogen (secondary N) is 1. The van der Waals surface area contributed by atoms with Crippen LogP contribution in [0.15, 0.2) is 42.7 Å². The number of fused-ring (bicyclic) bond motifs is 1. The van der Waals surface area contributed by atoms with E-state index in [9.17, 15) is 4.79 Å². The summed E-state index contributed by atoms with van der Waals surface area (Å²) in [5.41, 5.74) is 1.98. The van der Waals surface area contributed by atoms with Crippen LogP contribution in [-0.2, 0) is 6.54 Å². The lowest BCUT2D eigenvalue weighted by Crippen LogP contribution is -2.25. The lowest BCUT2D eigenvalue weighted by molar-refractivity contribution is 0.112. The molecule has 0 bridgehead atoms. The van der Waals surface area contributed by atoms with Crippen molar-refractivity contribution in [1.29, 1.82) is 0 Å². The quantitative estimate of drug-likeness (QED) is 0.569. The first-order chi connectivity index (χ1) is 14.5. The van der Waals surface area contributed by atoms with Gasteiger partial charge in [0.1, 0.15) is 10.8 Å². The van der Waals surface area contributed by atoms with Gasteiger partial charge in [0.15, 0.2) is 6.29 Å². The number of nitrogens with zero attached hydrogens (tertiary/aromatic N) is 4. The Morgan fingerprint density at radius 3 is 2.50 bits per heavy atom. The smallest absolute Gasteiger partial charge is 0.155 e. The predicted molar refractivity (Wildman–Crippen MR) is 125 cm³/mol. The predicted octanol–water partition coefficient (Wildman–Crippen LogP) is 5.35. The van der Waals surface area contributed by atoms with Gasteiger partial charge in [-0.15, -0.1) is 11.3 Å². The van der Waals surface area contributed by atoms with Crippen molar-refractivity contribution in [2.24, 2.45) is 0 Å². The van der Waals surface area contributed by atoms with Crippen molar-refractivity contribution in [3.05, 3.63) is 63.7 Å². The van der Waals surface area contributed by atoms with Crippen LogP contribution in [0.1, 0.15) is 65.1 Å². The number of hydrogen-bond acceptors (Lipinski definition) is 6. The molecule has 0 aliphatic carbocycles. The number of rotatable bonds is 4. The molecule has 0 amide bonds. The fourth-order valence-electron chi connectivity index (χ4n) is 3.25. The standard InChI is InChI=1S/C12H14N4OS.C9H13N.C2H6/c1-7-3-10(12-13-4-8(2)18-12)15-11-9(6-17)5-14-16(7)11;1-10(2)8-9-6-4-3-5-7-9;1-2/h4-7,10,15H,3H2,1-2H3;3-7H,8H2,1-2H3;1-2H3. The number of aromatic nitrogens is 3. The lowest BCUT2D eigenvalue weighted by Gasteiger charge is -2.29. The van der Waals surface area contributed by atoms with E-state index in [0.717, 1.165) is 30.1 Å². The van der Waals surface area contributed by atoms with Crippen LogP contribution in [0.2, 0.25) is 0 Å². The molecular weight excluding hydrogens is 394 g/mol. The van der Waals surface area contributed by atoms with E-state index in [0.29, 0.717) is 5.56 Å². The molecule has 1 aromatic carbocycles. The van der Waals surface area contributed by atoms with Crippen LogP contribution in [0, 0.1) is 6.92 Å². The number of carbonyl (C=O) groups excluding carboxylic acids is 1. The molecule has 7 heteroatoms. The van der Waals surface area contributed by atoms with Gasteiger partial charge in [0.05, 0.1) is 23.8 Å². The Labute approximate surface area is 184 Å². The second kappa shape index (κ2) is 11.6. The molecule has 3 aromatic rings. The number of carbonyl (C=O) groups is 1. The van der Waals surface area contributed by atoms with E-state index in [1.165, 1.54) is 10.4 Å². The minimum absolute atomic E-state index is 0.168. The molecule has 30 heavy (non-hydrogen) atoms. The average molecular weight is 428 g/mol. The third-order valence-corrected chi connectivity index (χ3v) is 5.56. The summed E-state index contributed by atoms with van der Waals surface area (Å²) in [5.74, 6) is 0.807. The molecule has 2 atom stereocenters. The summed E-state index contributed by atoms with van der Waals surface area (Å²) in [5, 5.41) is 8.69. The van der Waals surface area contributed by atoms with Crippen LogP contribution in [0.25, 0.3) is 0 Å². The molecule has 0 spiro atoms. The van der Waals surface area contributed by atoms with Gasteiger partial charge in [0.25, 0.3) is 0 Å². The number of hydrogen-bond donors (Lipinski definition) is 1. The zero-order valence-corrected chi connectivity index (χ0v) is 19.6. The highest BCUT2D eigenvalue weighted by molar-refractivity contribution is 7.11. The largest absolute Gasteiger partial charge is 0.360 e. The first-order valence-electron chi connectivity index (χ1n) is 10.4. The summed E-state index contributed by atoms with van der Waals surface area (Å²) in [7, 11) is 4.15. The van der Waals surface area contributed by atoms with Gasteiger partial charge in [-0.1, -0.05) is 44.2 Å². The van der Waals surface area contributed by atoms with E-state index < -0.39 is 0 Å². The highest BCUT2D eigenvalue weighted by Gasteiger charge is 2.28.